The van der Waals surface area contributed by atoms with E-state index in [1.54, 1.807) is 0 Å². The monoisotopic (exact) mass is 186 g/mol. The van der Waals surface area contributed by atoms with Crippen LogP contribution in [0.4, 0.5) is 13.2 Å². The number of nitrogens with one attached hydrogen (secondary N) is 1. The predicted octanol–water partition coefficient (Wildman–Crippen LogP) is 2.17. The molecule has 0 rings (SSSR count). The van der Waals surface area contributed by atoms with Crippen LogP contribution in [0.15, 0.2) is 4.99 Å². The van der Waals surface area contributed by atoms with Gasteiger partial charge in [0.05, 0.1) is 13.9 Å². The third-order valence-electron chi connectivity index (χ3n) is 1.05. The van der Waals surface area contributed by atoms with E-state index in [-0.39, 0.29) is 0 Å². The van der Waals surface area contributed by atoms with Gasteiger partial charge < -0.3 is 5.09 Å². The minimum absolute atomic E-state index is 0.316. The first-order valence-electron chi connectivity index (χ1n) is 2.88. The SMILES string of the molecule is CN=C(C)NP(C)C(F)(F)F. The van der Waals surface area contributed by atoms with E-state index in [2.05, 4.69) is 10.1 Å². The highest BCUT2D eigenvalue weighted by Crippen LogP contribution is 2.46. The van der Waals surface area contributed by atoms with Crippen molar-refractivity contribution in [3.05, 3.63) is 0 Å². The summed E-state index contributed by atoms with van der Waals surface area (Å²) in [5, 5.41) is 2.26. The highest BCUT2D eigenvalue weighted by molar-refractivity contribution is 7.56. The molecule has 0 saturated heterocycles. The summed E-state index contributed by atoms with van der Waals surface area (Å²) in [6.07, 6.45) is 0. The van der Waals surface area contributed by atoms with Gasteiger partial charge in [-0.1, -0.05) is 0 Å². The molecule has 6 heteroatoms. The first-order chi connectivity index (χ1) is 4.88. The largest absolute Gasteiger partial charge is 0.423 e. The summed E-state index contributed by atoms with van der Waals surface area (Å²) in [7, 11) is -0.701. The van der Waals surface area contributed by atoms with Gasteiger partial charge in [0.25, 0.3) is 0 Å². The molecule has 0 bridgehead atoms. The van der Waals surface area contributed by atoms with Crippen molar-refractivity contribution >= 4 is 13.9 Å². The molecule has 0 aliphatic rings. The van der Waals surface area contributed by atoms with Crippen molar-refractivity contribution in [1.82, 2.24) is 5.09 Å². The van der Waals surface area contributed by atoms with Gasteiger partial charge in [0.2, 0.25) is 0 Å². The summed E-state index contributed by atoms with van der Waals surface area (Å²) < 4.78 is 35.6. The van der Waals surface area contributed by atoms with Crippen LogP contribution >= 0.6 is 8.07 Å². The van der Waals surface area contributed by atoms with E-state index in [1.165, 1.54) is 14.0 Å². The Hall–Kier alpha value is -0.310. The molecule has 0 heterocycles. The van der Waals surface area contributed by atoms with Gasteiger partial charge in [0.1, 0.15) is 0 Å². The first-order valence-corrected chi connectivity index (χ1v) is 4.67. The van der Waals surface area contributed by atoms with E-state index in [1.807, 2.05) is 0 Å². The molecular formula is C5H10F3N2P. The molecule has 0 radical (unpaired) electrons. The Labute approximate surface area is 64.7 Å². The molecule has 0 fully saturated rings. The van der Waals surface area contributed by atoms with Crippen LogP contribution in [0.1, 0.15) is 6.92 Å². The minimum Gasteiger partial charge on any atom is -0.346 e. The summed E-state index contributed by atoms with van der Waals surface area (Å²) in [4.78, 5) is 3.56. The molecule has 1 atom stereocenters. The molecule has 1 N–H and O–H groups in total. The molecule has 0 aliphatic heterocycles. The van der Waals surface area contributed by atoms with E-state index in [0.717, 1.165) is 6.66 Å². The number of halogens is 3. The van der Waals surface area contributed by atoms with Crippen molar-refractivity contribution in [2.75, 3.05) is 13.7 Å². The summed E-state index contributed by atoms with van der Waals surface area (Å²) in [6, 6.07) is 0. The Kier molecular flexibility index (Phi) is 3.79. The third kappa shape index (κ3) is 4.19. The Bertz CT molecular complexity index is 154. The van der Waals surface area contributed by atoms with E-state index in [4.69, 9.17) is 0 Å². The standard InChI is InChI=1S/C5H10F3N2P/c1-4(9-2)10-11(3)5(6,7)8/h1-3H3,(H,9,10). The molecule has 2 nitrogen and oxygen atoms in total. The average Bonchev–Trinajstić information content (AvgIpc) is 1.85. The maximum atomic E-state index is 11.9. The van der Waals surface area contributed by atoms with Gasteiger partial charge in [-0.3, -0.25) is 4.99 Å². The molecule has 1 unspecified atom stereocenters. The average molecular weight is 186 g/mol. The van der Waals surface area contributed by atoms with Crippen LogP contribution in [0, 0.1) is 0 Å². The molecule has 0 amide bonds. The van der Waals surface area contributed by atoms with Crippen molar-refractivity contribution in [2.24, 2.45) is 4.99 Å². The quantitative estimate of drug-likeness (QED) is 0.379. The molecule has 0 aliphatic carbocycles. The third-order valence-corrected chi connectivity index (χ3v) is 2.46. The van der Waals surface area contributed by atoms with E-state index < -0.39 is 14.0 Å². The second kappa shape index (κ2) is 3.90. The number of rotatable bonds is 1. The fourth-order valence-electron chi connectivity index (χ4n) is 0.356. The van der Waals surface area contributed by atoms with Gasteiger partial charge >= 0.3 is 5.92 Å². The van der Waals surface area contributed by atoms with Crippen LogP contribution in [0.25, 0.3) is 0 Å². The van der Waals surface area contributed by atoms with Crippen molar-refractivity contribution in [3.63, 3.8) is 0 Å². The molecule has 0 aromatic rings. The van der Waals surface area contributed by atoms with Crippen LogP contribution < -0.4 is 5.09 Å². The summed E-state index contributed by atoms with van der Waals surface area (Å²) in [6.45, 7) is 2.62. The fraction of sp³-hybridized carbons (Fsp3) is 0.800. The summed E-state index contributed by atoms with van der Waals surface area (Å²) in [5.41, 5.74) is 0. The summed E-state index contributed by atoms with van der Waals surface area (Å²) in [5.74, 6) is -3.82. The minimum atomic E-state index is -4.14. The Morgan fingerprint density at radius 3 is 2.18 bits per heavy atom. The van der Waals surface area contributed by atoms with Crippen LogP contribution in [0.2, 0.25) is 0 Å². The van der Waals surface area contributed by atoms with Gasteiger partial charge in [-0.15, -0.1) is 0 Å². The summed E-state index contributed by atoms with van der Waals surface area (Å²) >= 11 is 0. The molecule has 0 spiro atoms. The zero-order valence-corrected chi connectivity index (χ0v) is 7.42. The lowest BCUT2D eigenvalue weighted by Crippen LogP contribution is -2.21. The fourth-order valence-corrected chi connectivity index (χ4v) is 1.07. The number of hydrogen-bond acceptors (Lipinski definition) is 1. The van der Waals surface area contributed by atoms with Crippen LogP contribution in [-0.2, 0) is 0 Å². The van der Waals surface area contributed by atoms with Gasteiger partial charge in [0, 0.05) is 7.05 Å². The lowest BCUT2D eigenvalue weighted by molar-refractivity contribution is -0.0404. The highest BCUT2D eigenvalue weighted by atomic mass is 31.1. The van der Waals surface area contributed by atoms with Crippen LogP contribution in [-0.4, -0.2) is 25.5 Å². The second-order valence-corrected chi connectivity index (χ2v) is 3.80. The van der Waals surface area contributed by atoms with Gasteiger partial charge in [-0.2, -0.15) is 13.2 Å². The van der Waals surface area contributed by atoms with Crippen molar-refractivity contribution < 1.29 is 13.2 Å². The van der Waals surface area contributed by atoms with Crippen molar-refractivity contribution in [1.29, 1.82) is 0 Å². The van der Waals surface area contributed by atoms with Gasteiger partial charge in [-0.05, 0) is 13.6 Å². The lowest BCUT2D eigenvalue weighted by Gasteiger charge is -2.17. The number of aliphatic imine (C=N–C) groups is 1. The zero-order valence-electron chi connectivity index (χ0n) is 6.53. The van der Waals surface area contributed by atoms with Gasteiger partial charge in [0.15, 0.2) is 0 Å². The topological polar surface area (TPSA) is 24.4 Å². The Balaban J connectivity index is 3.98. The maximum absolute atomic E-state index is 11.9. The van der Waals surface area contributed by atoms with E-state index >= 15 is 0 Å². The van der Waals surface area contributed by atoms with Gasteiger partial charge in [-0.25, -0.2) is 0 Å². The number of hydrogen-bond donors (Lipinski definition) is 1. The van der Waals surface area contributed by atoms with Crippen LogP contribution in [0.5, 0.6) is 0 Å². The van der Waals surface area contributed by atoms with Crippen molar-refractivity contribution in [3.8, 4) is 0 Å². The Morgan fingerprint density at radius 2 is 1.91 bits per heavy atom. The molecule has 0 saturated carbocycles. The number of nitrogens with zero attached hydrogens (tertiary/aromatic N) is 1. The van der Waals surface area contributed by atoms with E-state index in [9.17, 15) is 13.2 Å². The maximum Gasteiger partial charge on any atom is 0.423 e. The molecule has 0 aromatic carbocycles. The molecule has 11 heavy (non-hydrogen) atoms. The smallest absolute Gasteiger partial charge is 0.346 e. The first kappa shape index (κ1) is 10.7. The number of amidine groups is 1. The normalized spacial score (nSPS) is 16.4. The van der Waals surface area contributed by atoms with E-state index in [0.29, 0.717) is 5.84 Å². The second-order valence-electron chi connectivity index (χ2n) is 1.95. The zero-order chi connectivity index (χ0) is 9.07. The lowest BCUT2D eigenvalue weighted by atomic mass is 10.7. The molecular weight excluding hydrogens is 176 g/mol. The molecule has 0 aromatic heterocycles. The highest BCUT2D eigenvalue weighted by Gasteiger charge is 2.36. The number of alkyl halides is 3. The Morgan fingerprint density at radius 1 is 1.45 bits per heavy atom. The van der Waals surface area contributed by atoms with Crippen molar-refractivity contribution in [2.45, 2.75) is 12.8 Å². The predicted molar refractivity (Wildman–Crippen MR) is 41.1 cm³/mol. The van der Waals surface area contributed by atoms with Crippen LogP contribution in [0.3, 0.4) is 0 Å². The molecule has 66 valence electrons.